The molecule has 0 saturated carbocycles. The number of hydrogen-bond donors (Lipinski definition) is 2. The zero-order valence-electron chi connectivity index (χ0n) is 10.6. The summed E-state index contributed by atoms with van der Waals surface area (Å²) in [6.45, 7) is 1.57. The highest BCUT2D eigenvalue weighted by Crippen LogP contribution is 2.32. The third-order valence-corrected chi connectivity index (χ3v) is 3.44. The molecule has 1 saturated heterocycles. The van der Waals surface area contributed by atoms with E-state index in [1.54, 1.807) is 0 Å². The number of anilines is 1. The molecule has 0 unspecified atom stereocenters. The largest absolute Gasteiger partial charge is 0.478 e. The van der Waals surface area contributed by atoms with Gasteiger partial charge in [0.2, 0.25) is 0 Å². The van der Waals surface area contributed by atoms with E-state index in [-0.39, 0.29) is 22.0 Å². The lowest BCUT2D eigenvalue weighted by Gasteiger charge is -2.28. The Kier molecular flexibility index (Phi) is 4.41. The number of nitrogens with one attached hydrogen (secondary N) is 1. The van der Waals surface area contributed by atoms with Gasteiger partial charge in [-0.2, -0.15) is 0 Å². The molecular weight excluding hydrogens is 286 g/mol. The molecule has 0 radical (unpaired) electrons. The van der Waals surface area contributed by atoms with Crippen molar-refractivity contribution < 1.29 is 14.8 Å². The molecule has 0 atom stereocenters. The van der Waals surface area contributed by atoms with E-state index in [0.29, 0.717) is 0 Å². The number of nitro groups is 1. The molecule has 1 aromatic rings. The van der Waals surface area contributed by atoms with E-state index in [1.165, 1.54) is 0 Å². The van der Waals surface area contributed by atoms with Crippen LogP contribution in [0.4, 0.5) is 11.4 Å². The first kappa shape index (κ1) is 14.5. The zero-order valence-corrected chi connectivity index (χ0v) is 11.4. The fourth-order valence-electron chi connectivity index (χ4n) is 2.14. The van der Waals surface area contributed by atoms with Gasteiger partial charge in [0.05, 0.1) is 21.2 Å². The van der Waals surface area contributed by atoms with Crippen molar-refractivity contribution in [3.8, 4) is 0 Å². The van der Waals surface area contributed by atoms with Gasteiger partial charge in [0.25, 0.3) is 5.69 Å². The molecule has 20 heavy (non-hydrogen) atoms. The molecule has 0 bridgehead atoms. The molecule has 1 fully saturated rings. The van der Waals surface area contributed by atoms with E-state index in [4.69, 9.17) is 11.6 Å². The average molecular weight is 300 g/mol. The predicted octanol–water partition coefficient (Wildman–Crippen LogP) is 2.76. The SMILES string of the molecule is O=C(O)c1cc([N+](=O)[O-])cc(Cl)c1NN1CCCCC1. The van der Waals surface area contributed by atoms with Crippen LogP contribution in [0.3, 0.4) is 0 Å². The molecule has 0 aliphatic carbocycles. The van der Waals surface area contributed by atoms with Crippen molar-refractivity contribution in [3.63, 3.8) is 0 Å². The Morgan fingerprint density at radius 1 is 1.35 bits per heavy atom. The van der Waals surface area contributed by atoms with Gasteiger partial charge in [-0.15, -0.1) is 0 Å². The first-order valence-electron chi connectivity index (χ1n) is 6.22. The summed E-state index contributed by atoms with van der Waals surface area (Å²) in [5.74, 6) is -1.25. The van der Waals surface area contributed by atoms with Crippen LogP contribution < -0.4 is 5.43 Å². The van der Waals surface area contributed by atoms with Crippen LogP contribution in [0.15, 0.2) is 12.1 Å². The molecule has 0 aromatic heterocycles. The molecular formula is C12H14ClN3O4. The zero-order chi connectivity index (χ0) is 14.7. The highest BCUT2D eigenvalue weighted by Gasteiger charge is 2.22. The van der Waals surface area contributed by atoms with E-state index in [0.717, 1.165) is 44.5 Å². The van der Waals surface area contributed by atoms with E-state index >= 15 is 0 Å². The number of aromatic carboxylic acids is 1. The highest BCUT2D eigenvalue weighted by atomic mass is 35.5. The second-order valence-electron chi connectivity index (χ2n) is 4.57. The van der Waals surface area contributed by atoms with E-state index < -0.39 is 10.9 Å². The summed E-state index contributed by atoms with van der Waals surface area (Å²) in [6.07, 6.45) is 3.16. The Morgan fingerprint density at radius 2 is 2.00 bits per heavy atom. The topological polar surface area (TPSA) is 95.7 Å². The summed E-state index contributed by atoms with van der Waals surface area (Å²) in [7, 11) is 0. The lowest BCUT2D eigenvalue weighted by molar-refractivity contribution is -0.384. The number of hydrogen-bond acceptors (Lipinski definition) is 5. The molecule has 0 spiro atoms. The van der Waals surface area contributed by atoms with Gasteiger partial charge in [0.1, 0.15) is 0 Å². The molecule has 1 aliphatic rings. The number of carboxylic acids is 1. The molecule has 0 amide bonds. The molecule has 1 aromatic carbocycles. The van der Waals surface area contributed by atoms with Gasteiger partial charge in [-0.05, 0) is 12.8 Å². The monoisotopic (exact) mass is 299 g/mol. The number of hydrazine groups is 1. The molecule has 2 rings (SSSR count). The second-order valence-corrected chi connectivity index (χ2v) is 4.98. The third-order valence-electron chi connectivity index (χ3n) is 3.14. The minimum absolute atomic E-state index is 0.0298. The first-order valence-corrected chi connectivity index (χ1v) is 6.59. The number of nitro benzene ring substituents is 1. The number of benzene rings is 1. The van der Waals surface area contributed by atoms with E-state index in [2.05, 4.69) is 5.43 Å². The fourth-order valence-corrected chi connectivity index (χ4v) is 2.40. The van der Waals surface area contributed by atoms with Gasteiger partial charge in [-0.3, -0.25) is 10.1 Å². The lowest BCUT2D eigenvalue weighted by Crippen LogP contribution is -2.35. The maximum atomic E-state index is 11.3. The Morgan fingerprint density at radius 3 is 2.55 bits per heavy atom. The van der Waals surface area contributed by atoms with Crippen LogP contribution in [0.5, 0.6) is 0 Å². The summed E-state index contributed by atoms with van der Waals surface area (Å²) in [5, 5.41) is 21.8. The molecule has 2 N–H and O–H groups in total. The Bertz CT molecular complexity index is 544. The van der Waals surface area contributed by atoms with Gasteiger partial charge >= 0.3 is 5.97 Å². The predicted molar refractivity (Wildman–Crippen MR) is 74.1 cm³/mol. The van der Waals surface area contributed by atoms with Gasteiger partial charge in [-0.25, -0.2) is 9.80 Å². The van der Waals surface area contributed by atoms with Crippen LogP contribution in [0.25, 0.3) is 0 Å². The fraction of sp³-hybridized carbons (Fsp3) is 0.417. The van der Waals surface area contributed by atoms with Gasteiger partial charge in [-0.1, -0.05) is 18.0 Å². The van der Waals surface area contributed by atoms with Crippen LogP contribution in [0.2, 0.25) is 5.02 Å². The number of piperidine rings is 1. The number of nitrogens with zero attached hydrogens (tertiary/aromatic N) is 2. The summed E-state index contributed by atoms with van der Waals surface area (Å²) in [4.78, 5) is 21.3. The van der Waals surface area contributed by atoms with Gasteiger partial charge in [0, 0.05) is 25.2 Å². The van der Waals surface area contributed by atoms with Crippen molar-refractivity contribution in [2.75, 3.05) is 18.5 Å². The quantitative estimate of drug-likeness (QED) is 0.655. The number of non-ortho nitro benzene ring substituents is 1. The number of carboxylic acid groups (broad SMARTS) is 1. The van der Waals surface area contributed by atoms with Crippen molar-refractivity contribution in [2.24, 2.45) is 0 Å². The summed E-state index contributed by atoms with van der Waals surface area (Å²) in [5.41, 5.74) is 2.63. The number of rotatable bonds is 4. The van der Waals surface area contributed by atoms with Crippen molar-refractivity contribution in [3.05, 3.63) is 32.8 Å². The number of carbonyl (C=O) groups is 1. The van der Waals surface area contributed by atoms with Crippen LogP contribution >= 0.6 is 11.6 Å². The molecule has 7 nitrogen and oxygen atoms in total. The van der Waals surface area contributed by atoms with Crippen molar-refractivity contribution in [1.82, 2.24) is 5.01 Å². The minimum Gasteiger partial charge on any atom is -0.478 e. The maximum absolute atomic E-state index is 11.3. The van der Waals surface area contributed by atoms with Crippen molar-refractivity contribution >= 4 is 28.9 Å². The van der Waals surface area contributed by atoms with E-state index in [9.17, 15) is 20.0 Å². The van der Waals surface area contributed by atoms with Crippen molar-refractivity contribution in [2.45, 2.75) is 19.3 Å². The van der Waals surface area contributed by atoms with E-state index in [1.807, 2.05) is 5.01 Å². The molecule has 108 valence electrons. The standard InChI is InChI=1S/C12H14ClN3O4/c13-10-7-8(16(19)20)6-9(12(17)18)11(10)14-15-4-2-1-3-5-15/h6-7,14H,1-5H2,(H,17,18). The molecule has 1 aliphatic heterocycles. The Labute approximate surface area is 120 Å². The summed E-state index contributed by atoms with van der Waals surface area (Å²) >= 11 is 5.98. The van der Waals surface area contributed by atoms with Crippen molar-refractivity contribution in [1.29, 1.82) is 0 Å². The average Bonchev–Trinajstić information content (AvgIpc) is 2.41. The summed E-state index contributed by atoms with van der Waals surface area (Å²) in [6, 6.07) is 2.17. The maximum Gasteiger partial charge on any atom is 0.338 e. The summed E-state index contributed by atoms with van der Waals surface area (Å²) < 4.78 is 0. The lowest BCUT2D eigenvalue weighted by atomic mass is 10.1. The second kappa shape index (κ2) is 6.06. The first-order chi connectivity index (χ1) is 9.49. The number of halogens is 1. The minimum atomic E-state index is -1.25. The van der Waals surface area contributed by atoms with Gasteiger partial charge in [0.15, 0.2) is 0 Å². The Hall–Kier alpha value is -1.86. The highest BCUT2D eigenvalue weighted by molar-refractivity contribution is 6.34. The molecule has 1 heterocycles. The van der Waals surface area contributed by atoms with Crippen LogP contribution in [0, 0.1) is 10.1 Å². The molecule has 8 heteroatoms. The van der Waals surface area contributed by atoms with Crippen LogP contribution in [-0.4, -0.2) is 34.1 Å². The Balaban J connectivity index is 2.35. The van der Waals surface area contributed by atoms with Gasteiger partial charge < -0.3 is 10.5 Å². The van der Waals surface area contributed by atoms with Crippen LogP contribution in [-0.2, 0) is 0 Å². The normalized spacial score (nSPS) is 15.8. The smallest absolute Gasteiger partial charge is 0.338 e. The van der Waals surface area contributed by atoms with Crippen LogP contribution in [0.1, 0.15) is 29.6 Å². The third kappa shape index (κ3) is 3.17.